The normalized spacial score (nSPS) is 25.4. The first-order valence-corrected chi connectivity index (χ1v) is 7.16. The summed E-state index contributed by atoms with van der Waals surface area (Å²) in [6.07, 6.45) is 1.50. The second kappa shape index (κ2) is 5.12. The van der Waals surface area contributed by atoms with Crippen molar-refractivity contribution in [2.24, 2.45) is 0 Å². The Kier molecular flexibility index (Phi) is 3.31. The predicted octanol–water partition coefficient (Wildman–Crippen LogP) is 3.60. The molecule has 0 bridgehead atoms. The third kappa shape index (κ3) is 2.01. The average Bonchev–Trinajstić information content (AvgIpc) is 2.87. The van der Waals surface area contributed by atoms with Crippen LogP contribution in [0, 0.1) is 0 Å². The quantitative estimate of drug-likeness (QED) is 0.902. The molecule has 2 nitrogen and oxygen atoms in total. The Balaban J connectivity index is 2.10. The summed E-state index contributed by atoms with van der Waals surface area (Å²) in [5, 5.41) is 3.17. The lowest BCUT2D eigenvalue weighted by Crippen LogP contribution is -2.32. The third-order valence-corrected chi connectivity index (χ3v) is 4.45. The molecule has 1 saturated heterocycles. The van der Waals surface area contributed by atoms with E-state index >= 15 is 0 Å². The van der Waals surface area contributed by atoms with Crippen LogP contribution in [0.2, 0.25) is 0 Å². The van der Waals surface area contributed by atoms with Gasteiger partial charge in [-0.2, -0.15) is 0 Å². The van der Waals surface area contributed by atoms with E-state index in [0.717, 1.165) is 6.42 Å². The highest BCUT2D eigenvalue weighted by Gasteiger charge is 2.47. The first kappa shape index (κ1) is 12.9. The van der Waals surface area contributed by atoms with E-state index in [0.29, 0.717) is 6.42 Å². The van der Waals surface area contributed by atoms with Crippen molar-refractivity contribution in [3.05, 3.63) is 71.8 Å². The van der Waals surface area contributed by atoms with Crippen LogP contribution in [0.25, 0.3) is 0 Å². The zero-order valence-electron chi connectivity index (χ0n) is 11.7. The van der Waals surface area contributed by atoms with Crippen LogP contribution in [-0.4, -0.2) is 5.91 Å². The number of rotatable bonds is 3. The molecule has 3 rings (SSSR count). The molecule has 1 N–H and O–H groups in total. The van der Waals surface area contributed by atoms with E-state index in [1.807, 2.05) is 24.3 Å². The second-order valence-corrected chi connectivity index (χ2v) is 5.46. The summed E-state index contributed by atoms with van der Waals surface area (Å²) in [6.45, 7) is 2.17. The highest BCUT2D eigenvalue weighted by molar-refractivity contribution is 5.82. The third-order valence-electron chi connectivity index (χ3n) is 4.45. The van der Waals surface area contributed by atoms with Gasteiger partial charge in [0.2, 0.25) is 5.91 Å². The molecule has 2 aromatic rings. The number of amides is 1. The average molecular weight is 265 g/mol. The van der Waals surface area contributed by atoms with E-state index in [2.05, 4.69) is 48.6 Å². The van der Waals surface area contributed by atoms with Gasteiger partial charge in [0.15, 0.2) is 0 Å². The molecule has 102 valence electrons. The maximum absolute atomic E-state index is 12.1. The van der Waals surface area contributed by atoms with Crippen molar-refractivity contribution in [2.45, 2.75) is 31.2 Å². The van der Waals surface area contributed by atoms with Gasteiger partial charge in [0.1, 0.15) is 0 Å². The molecule has 1 heterocycles. The van der Waals surface area contributed by atoms with Crippen molar-refractivity contribution in [1.29, 1.82) is 0 Å². The van der Waals surface area contributed by atoms with E-state index in [1.54, 1.807) is 0 Å². The summed E-state index contributed by atoms with van der Waals surface area (Å²) >= 11 is 0. The van der Waals surface area contributed by atoms with Gasteiger partial charge >= 0.3 is 0 Å². The molecule has 2 heteroatoms. The molecule has 2 aromatic carbocycles. The van der Waals surface area contributed by atoms with E-state index in [1.165, 1.54) is 11.1 Å². The van der Waals surface area contributed by atoms with Gasteiger partial charge in [-0.1, -0.05) is 67.6 Å². The lowest BCUT2D eigenvalue weighted by molar-refractivity contribution is -0.119. The van der Waals surface area contributed by atoms with Crippen LogP contribution >= 0.6 is 0 Å². The van der Waals surface area contributed by atoms with Gasteiger partial charge in [-0.05, 0) is 17.5 Å². The number of carbonyl (C=O) groups excluding carboxylic acids is 1. The van der Waals surface area contributed by atoms with E-state index in [4.69, 9.17) is 0 Å². The van der Waals surface area contributed by atoms with E-state index in [-0.39, 0.29) is 17.4 Å². The van der Waals surface area contributed by atoms with Crippen molar-refractivity contribution in [2.75, 3.05) is 0 Å². The van der Waals surface area contributed by atoms with Crippen LogP contribution in [-0.2, 0) is 10.2 Å². The smallest absolute Gasteiger partial charge is 0.221 e. The van der Waals surface area contributed by atoms with Crippen LogP contribution in [0.3, 0.4) is 0 Å². The Labute approximate surface area is 119 Å². The number of carbonyl (C=O) groups is 1. The number of hydrogen-bond acceptors (Lipinski definition) is 1. The summed E-state index contributed by atoms with van der Waals surface area (Å²) in [6, 6.07) is 20.7. The molecule has 1 aliphatic rings. The molecule has 2 atom stereocenters. The first-order chi connectivity index (χ1) is 9.76. The maximum atomic E-state index is 12.1. The minimum atomic E-state index is -0.139. The standard InChI is InChI=1S/C18H19NO/c1-2-18(15-11-7-4-8-12-15)13-16(20)19-17(18)14-9-5-3-6-10-14/h3-12,17H,2,13H2,1H3,(H,19,20). The molecule has 0 aliphatic carbocycles. The molecule has 1 amide bonds. The molecular weight excluding hydrogens is 246 g/mol. The SMILES string of the molecule is CCC1(c2ccccc2)CC(=O)NC1c1ccccc1. The summed E-state index contributed by atoms with van der Waals surface area (Å²) in [5.74, 6) is 0.143. The lowest BCUT2D eigenvalue weighted by Gasteiger charge is -2.34. The fraction of sp³-hybridized carbons (Fsp3) is 0.278. The van der Waals surface area contributed by atoms with Crippen LogP contribution in [0.15, 0.2) is 60.7 Å². The molecule has 0 spiro atoms. The fourth-order valence-corrected chi connectivity index (χ4v) is 3.36. The molecule has 20 heavy (non-hydrogen) atoms. The zero-order chi connectivity index (χ0) is 14.0. The number of nitrogens with one attached hydrogen (secondary N) is 1. The highest BCUT2D eigenvalue weighted by Crippen LogP contribution is 2.46. The maximum Gasteiger partial charge on any atom is 0.221 e. The van der Waals surface area contributed by atoms with E-state index < -0.39 is 0 Å². The molecular formula is C18H19NO. The monoisotopic (exact) mass is 265 g/mol. The fourth-order valence-electron chi connectivity index (χ4n) is 3.36. The van der Waals surface area contributed by atoms with Crippen LogP contribution in [0.5, 0.6) is 0 Å². The van der Waals surface area contributed by atoms with Crippen molar-refractivity contribution in [3.63, 3.8) is 0 Å². The van der Waals surface area contributed by atoms with Gasteiger partial charge in [-0.15, -0.1) is 0 Å². The molecule has 1 fully saturated rings. The first-order valence-electron chi connectivity index (χ1n) is 7.16. The summed E-state index contributed by atoms with van der Waals surface area (Å²) in [4.78, 5) is 12.1. The van der Waals surface area contributed by atoms with Crippen molar-refractivity contribution >= 4 is 5.91 Å². The van der Waals surface area contributed by atoms with Crippen LogP contribution in [0.1, 0.15) is 36.9 Å². The Bertz CT molecular complexity index is 593. The summed E-state index contributed by atoms with van der Waals surface area (Å²) in [7, 11) is 0. The summed E-state index contributed by atoms with van der Waals surface area (Å²) in [5.41, 5.74) is 2.29. The molecule has 0 saturated carbocycles. The molecule has 2 unspecified atom stereocenters. The van der Waals surface area contributed by atoms with E-state index in [9.17, 15) is 4.79 Å². The highest BCUT2D eigenvalue weighted by atomic mass is 16.2. The van der Waals surface area contributed by atoms with Gasteiger partial charge in [-0.25, -0.2) is 0 Å². The van der Waals surface area contributed by atoms with Crippen LogP contribution < -0.4 is 5.32 Å². The Morgan fingerprint density at radius 3 is 2.25 bits per heavy atom. The number of hydrogen-bond donors (Lipinski definition) is 1. The predicted molar refractivity (Wildman–Crippen MR) is 80.4 cm³/mol. The molecule has 0 aromatic heterocycles. The van der Waals surface area contributed by atoms with Crippen molar-refractivity contribution in [1.82, 2.24) is 5.32 Å². The van der Waals surface area contributed by atoms with Gasteiger partial charge < -0.3 is 5.32 Å². The molecule has 1 aliphatic heterocycles. The lowest BCUT2D eigenvalue weighted by atomic mass is 9.70. The Morgan fingerprint density at radius 2 is 1.65 bits per heavy atom. The van der Waals surface area contributed by atoms with Gasteiger partial charge in [0.05, 0.1) is 6.04 Å². The van der Waals surface area contributed by atoms with Gasteiger partial charge in [0.25, 0.3) is 0 Å². The second-order valence-electron chi connectivity index (χ2n) is 5.46. The van der Waals surface area contributed by atoms with Crippen molar-refractivity contribution < 1.29 is 4.79 Å². The van der Waals surface area contributed by atoms with Gasteiger partial charge in [-0.3, -0.25) is 4.79 Å². The zero-order valence-corrected chi connectivity index (χ0v) is 11.7. The number of benzene rings is 2. The van der Waals surface area contributed by atoms with Crippen molar-refractivity contribution in [3.8, 4) is 0 Å². The molecule has 0 radical (unpaired) electrons. The minimum Gasteiger partial charge on any atom is -0.348 e. The topological polar surface area (TPSA) is 29.1 Å². The summed E-state index contributed by atoms with van der Waals surface area (Å²) < 4.78 is 0. The Morgan fingerprint density at radius 1 is 1.05 bits per heavy atom. The Hall–Kier alpha value is -2.09. The minimum absolute atomic E-state index is 0.0589. The largest absolute Gasteiger partial charge is 0.348 e. The van der Waals surface area contributed by atoms with Crippen LogP contribution in [0.4, 0.5) is 0 Å². The van der Waals surface area contributed by atoms with Gasteiger partial charge in [0, 0.05) is 11.8 Å².